The standard InChI is InChI=1S/C13H17N3O/c1-9-4-6-16(7-5-9)13-11-8-10(14)2-3-12(11)17-15-13/h2-3,8-9H,4-7,14H2,1H3. The van der Waals surface area contributed by atoms with E-state index in [1.54, 1.807) is 0 Å². The number of nitrogen functional groups attached to an aromatic ring is 1. The summed E-state index contributed by atoms with van der Waals surface area (Å²) in [6.07, 6.45) is 2.44. The van der Waals surface area contributed by atoms with Crippen molar-refractivity contribution in [1.29, 1.82) is 0 Å². The van der Waals surface area contributed by atoms with Crippen LogP contribution in [0.1, 0.15) is 19.8 Å². The number of benzene rings is 1. The van der Waals surface area contributed by atoms with Crippen LogP contribution in [0, 0.1) is 5.92 Å². The first kappa shape index (κ1) is 10.4. The van der Waals surface area contributed by atoms with Crippen LogP contribution in [-0.4, -0.2) is 18.2 Å². The summed E-state index contributed by atoms with van der Waals surface area (Å²) in [5.74, 6) is 1.76. The molecule has 0 atom stereocenters. The van der Waals surface area contributed by atoms with Crippen LogP contribution in [0.4, 0.5) is 11.5 Å². The summed E-state index contributed by atoms with van der Waals surface area (Å²) >= 11 is 0. The van der Waals surface area contributed by atoms with Crippen LogP contribution in [0.15, 0.2) is 22.7 Å². The fraction of sp³-hybridized carbons (Fsp3) is 0.462. The Morgan fingerprint density at radius 3 is 2.88 bits per heavy atom. The van der Waals surface area contributed by atoms with Gasteiger partial charge in [0, 0.05) is 18.8 Å². The van der Waals surface area contributed by atoms with E-state index in [2.05, 4.69) is 17.0 Å². The van der Waals surface area contributed by atoms with Gasteiger partial charge in [-0.25, -0.2) is 0 Å². The third-order valence-electron chi connectivity index (χ3n) is 3.56. The van der Waals surface area contributed by atoms with Gasteiger partial charge in [-0.2, -0.15) is 0 Å². The molecule has 17 heavy (non-hydrogen) atoms. The van der Waals surface area contributed by atoms with Gasteiger partial charge in [0.25, 0.3) is 0 Å². The molecule has 0 aliphatic carbocycles. The van der Waals surface area contributed by atoms with E-state index in [1.165, 1.54) is 12.8 Å². The highest BCUT2D eigenvalue weighted by Crippen LogP contribution is 2.30. The SMILES string of the molecule is CC1CCN(c2noc3ccc(N)cc23)CC1. The van der Waals surface area contributed by atoms with E-state index in [-0.39, 0.29) is 0 Å². The monoisotopic (exact) mass is 231 g/mol. The van der Waals surface area contributed by atoms with Gasteiger partial charge in [-0.05, 0) is 37.0 Å². The second-order valence-electron chi connectivity index (χ2n) is 4.93. The third-order valence-corrected chi connectivity index (χ3v) is 3.56. The van der Waals surface area contributed by atoms with Gasteiger partial charge in [0.1, 0.15) is 0 Å². The molecule has 1 aromatic carbocycles. The van der Waals surface area contributed by atoms with Crippen molar-refractivity contribution in [3.63, 3.8) is 0 Å². The zero-order valence-corrected chi connectivity index (χ0v) is 10.0. The zero-order chi connectivity index (χ0) is 11.8. The van der Waals surface area contributed by atoms with Crippen molar-refractivity contribution in [2.24, 2.45) is 5.92 Å². The molecular weight excluding hydrogens is 214 g/mol. The van der Waals surface area contributed by atoms with Crippen LogP contribution < -0.4 is 10.6 Å². The van der Waals surface area contributed by atoms with Gasteiger partial charge in [-0.3, -0.25) is 0 Å². The predicted octanol–water partition coefficient (Wildman–Crippen LogP) is 2.65. The van der Waals surface area contributed by atoms with Crippen molar-refractivity contribution < 1.29 is 4.52 Å². The first-order valence-electron chi connectivity index (χ1n) is 6.14. The van der Waals surface area contributed by atoms with Gasteiger partial charge in [0.15, 0.2) is 11.4 Å². The predicted molar refractivity (Wildman–Crippen MR) is 69.0 cm³/mol. The summed E-state index contributed by atoms with van der Waals surface area (Å²) in [6.45, 7) is 4.41. The Morgan fingerprint density at radius 2 is 2.12 bits per heavy atom. The average Bonchev–Trinajstić information content (AvgIpc) is 2.73. The molecule has 4 heteroatoms. The maximum absolute atomic E-state index is 5.82. The zero-order valence-electron chi connectivity index (χ0n) is 10.0. The summed E-state index contributed by atoms with van der Waals surface area (Å²) in [7, 11) is 0. The van der Waals surface area contributed by atoms with Crippen molar-refractivity contribution in [2.45, 2.75) is 19.8 Å². The summed E-state index contributed by atoms with van der Waals surface area (Å²) in [4.78, 5) is 2.30. The summed E-state index contributed by atoms with van der Waals surface area (Å²) in [5.41, 5.74) is 7.39. The number of piperidine rings is 1. The Labute approximate surface area is 100 Å². The van der Waals surface area contributed by atoms with Crippen molar-refractivity contribution >= 4 is 22.5 Å². The van der Waals surface area contributed by atoms with Gasteiger partial charge in [-0.15, -0.1) is 0 Å². The van der Waals surface area contributed by atoms with Gasteiger partial charge < -0.3 is 15.2 Å². The number of rotatable bonds is 1. The van der Waals surface area contributed by atoms with Crippen molar-refractivity contribution in [2.75, 3.05) is 23.7 Å². The number of hydrogen-bond donors (Lipinski definition) is 1. The molecule has 0 amide bonds. The molecule has 0 spiro atoms. The quantitative estimate of drug-likeness (QED) is 0.766. The Morgan fingerprint density at radius 1 is 1.35 bits per heavy atom. The molecule has 2 heterocycles. The van der Waals surface area contributed by atoms with Crippen LogP contribution in [0.5, 0.6) is 0 Å². The lowest BCUT2D eigenvalue weighted by atomic mass is 9.99. The first-order chi connectivity index (χ1) is 8.24. The Hall–Kier alpha value is -1.71. The third kappa shape index (κ3) is 1.84. The second-order valence-corrected chi connectivity index (χ2v) is 4.93. The fourth-order valence-corrected chi connectivity index (χ4v) is 2.39. The maximum atomic E-state index is 5.82. The van der Waals surface area contributed by atoms with Crippen molar-refractivity contribution in [3.8, 4) is 0 Å². The Kier molecular flexibility index (Phi) is 2.42. The van der Waals surface area contributed by atoms with Gasteiger partial charge >= 0.3 is 0 Å². The molecule has 0 bridgehead atoms. The highest BCUT2D eigenvalue weighted by atomic mass is 16.5. The molecule has 2 N–H and O–H groups in total. The molecule has 0 unspecified atom stereocenters. The summed E-state index contributed by atoms with van der Waals surface area (Å²) in [6, 6.07) is 5.67. The number of nitrogens with zero attached hydrogens (tertiary/aromatic N) is 2. The van der Waals surface area contributed by atoms with Crippen LogP contribution in [-0.2, 0) is 0 Å². The van der Waals surface area contributed by atoms with E-state index in [4.69, 9.17) is 10.3 Å². The number of hydrogen-bond acceptors (Lipinski definition) is 4. The highest BCUT2D eigenvalue weighted by Gasteiger charge is 2.20. The van der Waals surface area contributed by atoms with E-state index >= 15 is 0 Å². The molecule has 4 nitrogen and oxygen atoms in total. The lowest BCUT2D eigenvalue weighted by Gasteiger charge is -2.30. The molecule has 2 aromatic rings. The average molecular weight is 231 g/mol. The largest absolute Gasteiger partial charge is 0.399 e. The molecule has 0 saturated carbocycles. The number of aromatic nitrogens is 1. The van der Waals surface area contributed by atoms with Crippen molar-refractivity contribution in [3.05, 3.63) is 18.2 Å². The number of anilines is 2. The molecule has 1 aromatic heterocycles. The van der Waals surface area contributed by atoms with E-state index in [0.717, 1.165) is 41.5 Å². The Balaban J connectivity index is 1.97. The van der Waals surface area contributed by atoms with Gasteiger partial charge in [0.2, 0.25) is 0 Å². The minimum atomic E-state index is 0.757. The number of nitrogens with two attached hydrogens (primary N) is 1. The van der Waals surface area contributed by atoms with E-state index in [0.29, 0.717) is 0 Å². The maximum Gasteiger partial charge on any atom is 0.180 e. The van der Waals surface area contributed by atoms with Crippen LogP contribution in [0.25, 0.3) is 11.0 Å². The Bertz CT molecular complexity index is 526. The topological polar surface area (TPSA) is 55.3 Å². The highest BCUT2D eigenvalue weighted by molar-refractivity contribution is 5.90. The van der Waals surface area contributed by atoms with E-state index < -0.39 is 0 Å². The van der Waals surface area contributed by atoms with Crippen LogP contribution >= 0.6 is 0 Å². The van der Waals surface area contributed by atoms with Crippen LogP contribution in [0.3, 0.4) is 0 Å². The van der Waals surface area contributed by atoms with Gasteiger partial charge in [0.05, 0.1) is 5.39 Å². The molecule has 1 aliphatic rings. The molecule has 3 rings (SSSR count). The molecule has 1 aliphatic heterocycles. The molecule has 90 valence electrons. The molecule has 1 fully saturated rings. The number of fused-ring (bicyclic) bond motifs is 1. The lowest BCUT2D eigenvalue weighted by molar-refractivity contribution is 0.419. The molecule has 0 radical (unpaired) electrons. The minimum absolute atomic E-state index is 0.757. The molecular formula is C13H17N3O. The van der Waals surface area contributed by atoms with E-state index in [9.17, 15) is 0 Å². The smallest absolute Gasteiger partial charge is 0.180 e. The van der Waals surface area contributed by atoms with E-state index in [1.807, 2.05) is 18.2 Å². The fourth-order valence-electron chi connectivity index (χ4n) is 2.39. The van der Waals surface area contributed by atoms with Crippen LogP contribution in [0.2, 0.25) is 0 Å². The molecule has 1 saturated heterocycles. The van der Waals surface area contributed by atoms with Crippen molar-refractivity contribution in [1.82, 2.24) is 5.16 Å². The first-order valence-corrected chi connectivity index (χ1v) is 6.14. The lowest BCUT2D eigenvalue weighted by Crippen LogP contribution is -2.33. The summed E-state index contributed by atoms with van der Waals surface area (Å²) < 4.78 is 5.34. The summed E-state index contributed by atoms with van der Waals surface area (Å²) in [5, 5.41) is 5.21. The minimum Gasteiger partial charge on any atom is -0.399 e. The second kappa shape index (κ2) is 3.95. The normalized spacial score (nSPS) is 17.8. The van der Waals surface area contributed by atoms with Gasteiger partial charge in [-0.1, -0.05) is 12.1 Å².